The lowest BCUT2D eigenvalue weighted by atomic mass is 10.2. The van der Waals surface area contributed by atoms with Crippen LogP contribution < -0.4 is 4.74 Å². The van der Waals surface area contributed by atoms with E-state index >= 15 is 0 Å². The highest BCUT2D eigenvalue weighted by Gasteiger charge is 2.33. The van der Waals surface area contributed by atoms with Crippen molar-refractivity contribution >= 4 is 15.9 Å². The molecule has 0 aliphatic heterocycles. The van der Waals surface area contributed by atoms with Crippen LogP contribution in [0.15, 0.2) is 34.8 Å². The molecule has 0 fully saturated rings. The average Bonchev–Trinajstić information content (AvgIpc) is 2.34. The monoisotopic (exact) mass is 366 g/mol. The van der Waals surface area contributed by atoms with Gasteiger partial charge in [0, 0.05) is 0 Å². The first-order chi connectivity index (χ1) is 9.68. The Morgan fingerprint density at radius 1 is 1.00 bits per heavy atom. The predicted octanol–water partition coefficient (Wildman–Crippen LogP) is 5.85. The number of hydrogen-bond donors (Lipinski definition) is 0. The molecule has 0 saturated carbocycles. The van der Waals surface area contributed by atoms with Crippen LogP contribution in [0.25, 0.3) is 0 Å². The van der Waals surface area contributed by atoms with Crippen LogP contribution in [0.2, 0.25) is 0 Å². The zero-order valence-corrected chi connectivity index (χ0v) is 12.1. The van der Waals surface area contributed by atoms with Crippen LogP contribution in [-0.2, 0) is 6.18 Å². The van der Waals surface area contributed by atoms with Crippen LogP contribution >= 0.6 is 15.9 Å². The number of hydrogen-bond acceptors (Lipinski definition) is 1. The summed E-state index contributed by atoms with van der Waals surface area (Å²) < 4.78 is 70.1. The quantitative estimate of drug-likeness (QED) is 0.606. The number of benzene rings is 2. The van der Waals surface area contributed by atoms with E-state index < -0.39 is 29.1 Å². The van der Waals surface area contributed by atoms with Crippen molar-refractivity contribution < 1.29 is 26.7 Å². The van der Waals surface area contributed by atoms with Crippen molar-refractivity contribution in [2.75, 3.05) is 0 Å². The van der Waals surface area contributed by atoms with Gasteiger partial charge in [0.1, 0.15) is 5.75 Å². The topological polar surface area (TPSA) is 9.23 Å². The lowest BCUT2D eigenvalue weighted by Crippen LogP contribution is -2.07. The molecule has 21 heavy (non-hydrogen) atoms. The first kappa shape index (κ1) is 15.8. The van der Waals surface area contributed by atoms with E-state index in [1.165, 1.54) is 6.07 Å². The van der Waals surface area contributed by atoms with Gasteiger partial charge in [-0.25, -0.2) is 8.78 Å². The zero-order valence-electron chi connectivity index (χ0n) is 10.6. The zero-order chi connectivity index (χ0) is 15.8. The van der Waals surface area contributed by atoms with Crippen molar-refractivity contribution in [1.82, 2.24) is 0 Å². The van der Waals surface area contributed by atoms with Gasteiger partial charge in [-0.15, -0.1) is 0 Å². The molecule has 2 aromatic rings. The fourth-order valence-electron chi connectivity index (χ4n) is 1.62. The minimum absolute atomic E-state index is 0.0955. The molecule has 0 N–H and O–H groups in total. The molecule has 0 aromatic heterocycles. The molecule has 0 saturated heterocycles. The van der Waals surface area contributed by atoms with E-state index in [-0.39, 0.29) is 17.9 Å². The summed E-state index contributed by atoms with van der Waals surface area (Å²) in [6.45, 7) is 1.80. The van der Waals surface area contributed by atoms with E-state index in [1.807, 2.05) is 0 Å². The van der Waals surface area contributed by atoms with E-state index in [1.54, 1.807) is 19.1 Å². The highest BCUT2D eigenvalue weighted by atomic mass is 79.9. The van der Waals surface area contributed by atoms with Gasteiger partial charge >= 0.3 is 6.18 Å². The molecule has 0 unspecified atom stereocenters. The van der Waals surface area contributed by atoms with Crippen LogP contribution in [0.4, 0.5) is 22.0 Å². The van der Waals surface area contributed by atoms with Crippen LogP contribution in [0.3, 0.4) is 0 Å². The maximum absolute atomic E-state index is 13.7. The smallest absolute Gasteiger partial charge is 0.416 e. The summed E-state index contributed by atoms with van der Waals surface area (Å²) in [7, 11) is 0. The molecule has 0 spiro atoms. The van der Waals surface area contributed by atoms with Crippen LogP contribution in [0, 0.1) is 18.6 Å². The third kappa shape index (κ3) is 3.53. The maximum atomic E-state index is 13.7. The molecular formula is C14H8BrF5O. The molecule has 0 bridgehead atoms. The van der Waals surface area contributed by atoms with Crippen LogP contribution in [0.5, 0.6) is 11.5 Å². The Balaban J connectivity index is 2.41. The number of ether oxygens (including phenoxy) is 1. The van der Waals surface area contributed by atoms with Gasteiger partial charge in [-0.3, -0.25) is 0 Å². The second-order valence-electron chi connectivity index (χ2n) is 4.30. The van der Waals surface area contributed by atoms with E-state index in [2.05, 4.69) is 15.9 Å². The standard InChI is InChI=1S/C14H8BrF5O/c1-7-2-3-12(9(15)4-7)21-13-10(16)5-8(6-11(13)17)14(18,19)20/h2-6H,1H3. The van der Waals surface area contributed by atoms with E-state index in [4.69, 9.17) is 4.74 Å². The Hall–Kier alpha value is -1.63. The van der Waals surface area contributed by atoms with Gasteiger partial charge in [0.25, 0.3) is 0 Å². The summed E-state index contributed by atoms with van der Waals surface area (Å²) in [4.78, 5) is 0. The summed E-state index contributed by atoms with van der Waals surface area (Å²) in [5, 5.41) is 0. The summed E-state index contributed by atoms with van der Waals surface area (Å²) >= 11 is 3.15. The van der Waals surface area contributed by atoms with Crippen molar-refractivity contribution in [2.45, 2.75) is 13.1 Å². The van der Waals surface area contributed by atoms with Gasteiger partial charge < -0.3 is 4.74 Å². The number of rotatable bonds is 2. The lowest BCUT2D eigenvalue weighted by Gasteiger charge is -2.12. The third-order valence-electron chi connectivity index (χ3n) is 2.63. The van der Waals surface area contributed by atoms with E-state index in [0.29, 0.717) is 4.47 Å². The summed E-state index contributed by atoms with van der Waals surface area (Å²) in [6, 6.07) is 5.13. The largest absolute Gasteiger partial charge is 0.450 e. The van der Waals surface area contributed by atoms with Crippen molar-refractivity contribution in [1.29, 1.82) is 0 Å². The van der Waals surface area contributed by atoms with Gasteiger partial charge in [-0.2, -0.15) is 13.2 Å². The molecule has 0 amide bonds. The number of alkyl halides is 3. The summed E-state index contributed by atoms with van der Waals surface area (Å²) in [6.07, 6.45) is -4.83. The molecule has 7 heteroatoms. The molecule has 0 aliphatic carbocycles. The second-order valence-corrected chi connectivity index (χ2v) is 5.16. The lowest BCUT2D eigenvalue weighted by molar-refractivity contribution is -0.138. The molecule has 112 valence electrons. The normalized spacial score (nSPS) is 11.6. The Morgan fingerprint density at radius 2 is 1.57 bits per heavy atom. The molecule has 0 heterocycles. The Kier molecular flexibility index (Phi) is 4.22. The van der Waals surface area contributed by atoms with Crippen LogP contribution in [0.1, 0.15) is 11.1 Å². The molecule has 2 aromatic carbocycles. The predicted molar refractivity (Wildman–Crippen MR) is 70.3 cm³/mol. The van der Waals surface area contributed by atoms with Gasteiger partial charge in [0.15, 0.2) is 17.4 Å². The number of aryl methyl sites for hydroxylation is 1. The van der Waals surface area contributed by atoms with Crippen molar-refractivity contribution in [3.63, 3.8) is 0 Å². The average molecular weight is 367 g/mol. The number of halogens is 6. The van der Waals surface area contributed by atoms with Gasteiger partial charge in [-0.05, 0) is 52.7 Å². The molecular weight excluding hydrogens is 359 g/mol. The Labute approximate surface area is 125 Å². The maximum Gasteiger partial charge on any atom is 0.416 e. The third-order valence-corrected chi connectivity index (χ3v) is 3.24. The van der Waals surface area contributed by atoms with Gasteiger partial charge in [0.2, 0.25) is 0 Å². The van der Waals surface area contributed by atoms with E-state index in [0.717, 1.165) is 5.56 Å². The molecule has 0 radical (unpaired) electrons. The van der Waals surface area contributed by atoms with Gasteiger partial charge in [-0.1, -0.05) is 6.07 Å². The first-order valence-electron chi connectivity index (χ1n) is 5.68. The fraction of sp³-hybridized carbons (Fsp3) is 0.143. The molecule has 1 nitrogen and oxygen atoms in total. The molecule has 0 atom stereocenters. The first-order valence-corrected chi connectivity index (χ1v) is 6.48. The summed E-state index contributed by atoms with van der Waals surface area (Å²) in [5.41, 5.74) is -0.532. The Morgan fingerprint density at radius 3 is 2.05 bits per heavy atom. The highest BCUT2D eigenvalue weighted by Crippen LogP contribution is 2.37. The fourth-order valence-corrected chi connectivity index (χ4v) is 2.19. The van der Waals surface area contributed by atoms with Crippen LogP contribution in [-0.4, -0.2) is 0 Å². The molecule has 0 aliphatic rings. The van der Waals surface area contributed by atoms with E-state index in [9.17, 15) is 22.0 Å². The van der Waals surface area contributed by atoms with Gasteiger partial charge in [0.05, 0.1) is 10.0 Å². The summed E-state index contributed by atoms with van der Waals surface area (Å²) in [5.74, 6) is -3.63. The SMILES string of the molecule is Cc1ccc(Oc2c(F)cc(C(F)(F)F)cc2F)c(Br)c1. The van der Waals surface area contributed by atoms with Crippen molar-refractivity contribution in [3.05, 3.63) is 57.6 Å². The second kappa shape index (κ2) is 5.63. The minimum Gasteiger partial charge on any atom is -0.450 e. The van der Waals surface area contributed by atoms with Crippen molar-refractivity contribution in [3.8, 4) is 11.5 Å². The minimum atomic E-state index is -4.83. The highest BCUT2D eigenvalue weighted by molar-refractivity contribution is 9.10. The Bertz CT molecular complexity index is 659. The molecule has 2 rings (SSSR count). The van der Waals surface area contributed by atoms with Crippen molar-refractivity contribution in [2.24, 2.45) is 0 Å².